The van der Waals surface area contributed by atoms with Gasteiger partial charge in [0.05, 0.1) is 6.61 Å². The van der Waals surface area contributed by atoms with Crippen molar-refractivity contribution in [2.24, 2.45) is 0 Å². The van der Waals surface area contributed by atoms with Gasteiger partial charge >= 0.3 is 5.97 Å². The van der Waals surface area contributed by atoms with E-state index in [-0.39, 0.29) is 36.7 Å². The molecule has 0 radical (unpaired) electrons. The number of ether oxygens (including phenoxy) is 2. The van der Waals surface area contributed by atoms with Crippen LogP contribution >= 0.6 is 0 Å². The fraction of sp³-hybridized carbons (Fsp3) is 0.154. The maximum atomic E-state index is 13.1. The number of nitrogens with one attached hydrogen (secondary N) is 1. The summed E-state index contributed by atoms with van der Waals surface area (Å²) < 4.78 is 12.4. The summed E-state index contributed by atoms with van der Waals surface area (Å²) in [5, 5.41) is 6.80. The van der Waals surface area contributed by atoms with E-state index in [2.05, 4.69) is 27.2 Å². The molecular weight excluding hydrogens is 432 g/mol. The first kappa shape index (κ1) is 22.6. The van der Waals surface area contributed by atoms with Crippen molar-refractivity contribution in [2.45, 2.75) is 13.5 Å². The molecule has 2 heterocycles. The van der Waals surface area contributed by atoms with Crippen molar-refractivity contribution in [3.05, 3.63) is 95.4 Å². The van der Waals surface area contributed by atoms with Gasteiger partial charge in [0.15, 0.2) is 5.65 Å². The van der Waals surface area contributed by atoms with Crippen LogP contribution in [0.4, 0.5) is 0 Å². The number of nitrogens with zero attached hydrogens (tertiary/aromatic N) is 3. The number of aromatic nitrogens is 3. The van der Waals surface area contributed by atoms with Gasteiger partial charge in [-0.2, -0.15) is 5.10 Å². The predicted octanol–water partition coefficient (Wildman–Crippen LogP) is 3.00. The molecule has 4 aromatic rings. The number of hydrogen-bond donors (Lipinski definition) is 1. The summed E-state index contributed by atoms with van der Waals surface area (Å²) in [6, 6.07) is 20.7. The molecule has 0 aliphatic heterocycles. The van der Waals surface area contributed by atoms with E-state index in [4.69, 9.17) is 9.47 Å². The molecular formula is C26H22N4O4. The smallest absolute Gasteiger partial charge is 0.325 e. The topological polar surface area (TPSA) is 94.8 Å². The molecule has 0 aliphatic rings. The van der Waals surface area contributed by atoms with Gasteiger partial charge in [-0.3, -0.25) is 9.59 Å². The summed E-state index contributed by atoms with van der Waals surface area (Å²) in [5.74, 6) is 5.39. The van der Waals surface area contributed by atoms with Crippen molar-refractivity contribution >= 4 is 17.5 Å². The third kappa shape index (κ3) is 5.40. The molecule has 0 atom stereocenters. The number of benzene rings is 2. The van der Waals surface area contributed by atoms with Gasteiger partial charge in [0.1, 0.15) is 36.5 Å². The molecule has 0 aliphatic carbocycles. The van der Waals surface area contributed by atoms with Gasteiger partial charge in [-0.25, -0.2) is 9.50 Å². The van der Waals surface area contributed by atoms with Gasteiger partial charge in [-0.15, -0.1) is 0 Å². The molecule has 0 unspecified atom stereocenters. The van der Waals surface area contributed by atoms with Gasteiger partial charge in [0, 0.05) is 11.6 Å². The molecule has 1 amide bonds. The first-order valence-corrected chi connectivity index (χ1v) is 10.7. The highest BCUT2D eigenvalue weighted by molar-refractivity contribution is 6.03. The van der Waals surface area contributed by atoms with Gasteiger partial charge in [0.25, 0.3) is 5.91 Å². The normalized spacial score (nSPS) is 10.3. The van der Waals surface area contributed by atoms with Crippen LogP contribution in [0.2, 0.25) is 0 Å². The Morgan fingerprint density at radius 3 is 2.50 bits per heavy atom. The minimum absolute atomic E-state index is 0.156. The maximum absolute atomic E-state index is 13.1. The molecule has 0 saturated heterocycles. The van der Waals surface area contributed by atoms with E-state index in [0.29, 0.717) is 5.69 Å². The van der Waals surface area contributed by atoms with E-state index in [1.165, 1.54) is 10.8 Å². The lowest BCUT2D eigenvalue weighted by molar-refractivity contribution is -0.141. The van der Waals surface area contributed by atoms with Crippen molar-refractivity contribution in [3.8, 4) is 17.6 Å². The molecule has 0 saturated carbocycles. The highest BCUT2D eigenvalue weighted by Gasteiger charge is 2.22. The van der Waals surface area contributed by atoms with Crippen LogP contribution in [0.5, 0.6) is 5.75 Å². The molecule has 8 heteroatoms. The number of esters is 1. The van der Waals surface area contributed by atoms with Crippen molar-refractivity contribution in [1.29, 1.82) is 0 Å². The fourth-order valence-electron chi connectivity index (χ4n) is 3.22. The SMILES string of the molecule is CCOC(=O)CNC(=O)c1c(OCc2ccccc2)cc(C#Cc2ccccc2)n2ncnc12. The second kappa shape index (κ2) is 10.8. The van der Waals surface area contributed by atoms with E-state index in [1.54, 1.807) is 13.0 Å². The number of carbonyl (C=O) groups is 2. The summed E-state index contributed by atoms with van der Waals surface area (Å²) in [5.41, 5.74) is 2.69. The lowest BCUT2D eigenvalue weighted by Gasteiger charge is -2.14. The van der Waals surface area contributed by atoms with E-state index in [9.17, 15) is 9.59 Å². The zero-order valence-electron chi connectivity index (χ0n) is 18.5. The van der Waals surface area contributed by atoms with Crippen LogP contribution in [-0.4, -0.2) is 39.6 Å². The van der Waals surface area contributed by atoms with E-state index in [0.717, 1.165) is 11.1 Å². The summed E-state index contributed by atoms with van der Waals surface area (Å²) in [4.78, 5) is 29.1. The third-order valence-corrected chi connectivity index (χ3v) is 4.79. The monoisotopic (exact) mass is 454 g/mol. The second-order valence-corrected chi connectivity index (χ2v) is 7.14. The summed E-state index contributed by atoms with van der Waals surface area (Å²) in [6.07, 6.45) is 1.34. The average molecular weight is 454 g/mol. The predicted molar refractivity (Wildman–Crippen MR) is 125 cm³/mol. The van der Waals surface area contributed by atoms with Crippen molar-refractivity contribution in [2.75, 3.05) is 13.2 Å². The van der Waals surface area contributed by atoms with Crippen molar-refractivity contribution < 1.29 is 19.1 Å². The molecule has 2 aromatic carbocycles. The minimum Gasteiger partial charge on any atom is -0.488 e. The first-order valence-electron chi connectivity index (χ1n) is 10.7. The Bertz CT molecular complexity index is 1360. The Labute approximate surface area is 196 Å². The average Bonchev–Trinajstić information content (AvgIpc) is 3.36. The highest BCUT2D eigenvalue weighted by Crippen LogP contribution is 2.25. The molecule has 170 valence electrons. The second-order valence-electron chi connectivity index (χ2n) is 7.14. The molecule has 0 bridgehead atoms. The van der Waals surface area contributed by atoms with Gasteiger partial charge in [0.2, 0.25) is 0 Å². The van der Waals surface area contributed by atoms with Crippen LogP contribution in [0.3, 0.4) is 0 Å². The van der Waals surface area contributed by atoms with Gasteiger partial charge < -0.3 is 14.8 Å². The molecule has 8 nitrogen and oxygen atoms in total. The highest BCUT2D eigenvalue weighted by atomic mass is 16.5. The zero-order valence-corrected chi connectivity index (χ0v) is 18.5. The van der Waals surface area contributed by atoms with E-state index in [1.807, 2.05) is 60.7 Å². The number of fused-ring (bicyclic) bond motifs is 1. The molecule has 34 heavy (non-hydrogen) atoms. The number of rotatable bonds is 7. The van der Waals surface area contributed by atoms with Crippen LogP contribution < -0.4 is 10.1 Å². The molecule has 0 spiro atoms. The van der Waals surface area contributed by atoms with E-state index >= 15 is 0 Å². The van der Waals surface area contributed by atoms with Crippen LogP contribution in [0, 0.1) is 11.8 Å². The zero-order chi connectivity index (χ0) is 23.8. The summed E-state index contributed by atoms with van der Waals surface area (Å²) in [7, 11) is 0. The number of pyridine rings is 1. The lowest BCUT2D eigenvalue weighted by atomic mass is 10.1. The molecule has 4 rings (SSSR count). The Kier molecular flexibility index (Phi) is 7.16. The number of carbonyl (C=O) groups excluding carboxylic acids is 2. The molecule has 1 N–H and O–H groups in total. The Balaban J connectivity index is 1.72. The Hall–Kier alpha value is -4.64. The van der Waals surface area contributed by atoms with Gasteiger partial charge in [-0.1, -0.05) is 54.5 Å². The number of amides is 1. The third-order valence-electron chi connectivity index (χ3n) is 4.79. The standard InChI is InChI=1S/C26H22N4O4/c1-2-33-23(31)16-27-26(32)24-22(34-17-20-11-7-4-8-12-20)15-21(30-25(24)28-18-29-30)14-13-19-9-5-3-6-10-19/h3-12,15,18H,2,16-17H2,1H3,(H,27,32). The molecule has 0 fully saturated rings. The fourth-order valence-corrected chi connectivity index (χ4v) is 3.22. The van der Waals surface area contributed by atoms with Crippen LogP contribution in [0.15, 0.2) is 73.1 Å². The quantitative estimate of drug-likeness (QED) is 0.341. The van der Waals surface area contributed by atoms with Crippen molar-refractivity contribution in [3.63, 3.8) is 0 Å². The minimum atomic E-state index is -0.537. The van der Waals surface area contributed by atoms with E-state index < -0.39 is 11.9 Å². The Morgan fingerprint density at radius 2 is 1.76 bits per heavy atom. The maximum Gasteiger partial charge on any atom is 0.325 e. The molecule has 2 aromatic heterocycles. The lowest BCUT2D eigenvalue weighted by Crippen LogP contribution is -2.31. The summed E-state index contributed by atoms with van der Waals surface area (Å²) >= 11 is 0. The van der Waals surface area contributed by atoms with Crippen LogP contribution in [0.25, 0.3) is 5.65 Å². The van der Waals surface area contributed by atoms with Gasteiger partial charge in [-0.05, 0) is 30.5 Å². The van der Waals surface area contributed by atoms with Crippen LogP contribution in [0.1, 0.15) is 34.1 Å². The van der Waals surface area contributed by atoms with Crippen molar-refractivity contribution in [1.82, 2.24) is 19.9 Å². The largest absolute Gasteiger partial charge is 0.488 e. The first-order chi connectivity index (χ1) is 16.7. The number of hydrogen-bond acceptors (Lipinski definition) is 6. The Morgan fingerprint density at radius 1 is 1.03 bits per heavy atom. The summed E-state index contributed by atoms with van der Waals surface area (Å²) in [6.45, 7) is 1.88. The van der Waals surface area contributed by atoms with Crippen LogP contribution in [-0.2, 0) is 16.1 Å².